The fourth-order valence-electron chi connectivity index (χ4n) is 4.60. The zero-order valence-electron chi connectivity index (χ0n) is 19.6. The van der Waals surface area contributed by atoms with Crippen LogP contribution in [0.4, 0.5) is 5.69 Å². The first-order chi connectivity index (χ1) is 16.0. The second kappa shape index (κ2) is 9.94. The maximum absolute atomic E-state index is 13.6. The number of carbonyl (C=O) groups is 2. The molecule has 0 spiro atoms. The molecule has 1 fully saturated rings. The van der Waals surface area contributed by atoms with Gasteiger partial charge in [-0.1, -0.05) is 48.5 Å². The SMILES string of the molecule is CCOC(=O)c1c(C)c(C(=O)N2CCN(c3ccccc3)CC2)c(C)n1Cc1ccccc1. The summed E-state index contributed by atoms with van der Waals surface area (Å²) >= 11 is 0. The minimum atomic E-state index is -0.387. The standard InChI is InChI=1S/C27H31N3O3/c1-4-33-27(32)25-20(2)24(21(3)30(25)19-22-11-7-5-8-12-22)26(31)29-17-15-28(16-18-29)23-13-9-6-10-14-23/h5-14H,4,15-19H2,1-3H3. The summed E-state index contributed by atoms with van der Waals surface area (Å²) in [5.41, 5.74) is 4.81. The average Bonchev–Trinajstić information content (AvgIpc) is 3.09. The van der Waals surface area contributed by atoms with Crippen molar-refractivity contribution in [3.63, 3.8) is 0 Å². The number of amides is 1. The van der Waals surface area contributed by atoms with Gasteiger partial charge in [0.1, 0.15) is 5.69 Å². The van der Waals surface area contributed by atoms with E-state index in [-0.39, 0.29) is 11.9 Å². The molecule has 1 amide bonds. The van der Waals surface area contributed by atoms with E-state index in [4.69, 9.17) is 4.74 Å². The maximum atomic E-state index is 13.6. The van der Waals surface area contributed by atoms with E-state index in [0.29, 0.717) is 43.1 Å². The van der Waals surface area contributed by atoms with Gasteiger partial charge in [0.05, 0.1) is 12.2 Å². The lowest BCUT2D eigenvalue weighted by molar-refractivity contribution is 0.0513. The highest BCUT2D eigenvalue weighted by molar-refractivity contribution is 6.01. The molecule has 0 saturated carbocycles. The summed E-state index contributed by atoms with van der Waals surface area (Å²) < 4.78 is 7.28. The van der Waals surface area contributed by atoms with Crippen molar-refractivity contribution >= 4 is 17.6 Å². The Kier molecular flexibility index (Phi) is 6.82. The lowest BCUT2D eigenvalue weighted by Crippen LogP contribution is -2.49. The molecule has 6 nitrogen and oxygen atoms in total. The molecule has 33 heavy (non-hydrogen) atoms. The summed E-state index contributed by atoms with van der Waals surface area (Å²) in [6.07, 6.45) is 0. The highest BCUT2D eigenvalue weighted by Gasteiger charge is 2.31. The van der Waals surface area contributed by atoms with Crippen LogP contribution in [0.1, 0.15) is 44.6 Å². The number of ether oxygens (including phenoxy) is 1. The Bertz CT molecular complexity index is 1110. The first kappa shape index (κ1) is 22.6. The molecule has 2 heterocycles. The van der Waals surface area contributed by atoms with E-state index in [0.717, 1.165) is 24.3 Å². The molecule has 172 valence electrons. The molecule has 0 N–H and O–H groups in total. The lowest BCUT2D eigenvalue weighted by Gasteiger charge is -2.36. The molecule has 0 atom stereocenters. The lowest BCUT2D eigenvalue weighted by atomic mass is 10.1. The Labute approximate surface area is 195 Å². The number of anilines is 1. The van der Waals surface area contributed by atoms with Crippen LogP contribution >= 0.6 is 0 Å². The molecule has 0 unspecified atom stereocenters. The minimum absolute atomic E-state index is 0.0185. The Balaban J connectivity index is 1.61. The normalized spacial score (nSPS) is 13.8. The number of rotatable bonds is 6. The Morgan fingerprint density at radius 1 is 0.879 bits per heavy atom. The van der Waals surface area contributed by atoms with Crippen LogP contribution in [-0.4, -0.2) is 54.1 Å². The summed E-state index contributed by atoms with van der Waals surface area (Å²) in [7, 11) is 0. The fraction of sp³-hybridized carbons (Fsp3) is 0.333. The number of hydrogen-bond acceptors (Lipinski definition) is 4. The van der Waals surface area contributed by atoms with Crippen molar-refractivity contribution in [2.24, 2.45) is 0 Å². The van der Waals surface area contributed by atoms with Gasteiger partial charge in [0, 0.05) is 44.1 Å². The van der Waals surface area contributed by atoms with E-state index in [9.17, 15) is 9.59 Å². The van der Waals surface area contributed by atoms with Gasteiger partial charge in [-0.2, -0.15) is 0 Å². The first-order valence-electron chi connectivity index (χ1n) is 11.5. The predicted octanol–water partition coefficient (Wildman–Crippen LogP) is 4.29. The largest absolute Gasteiger partial charge is 0.461 e. The third-order valence-corrected chi connectivity index (χ3v) is 6.32. The molecule has 1 saturated heterocycles. The topological polar surface area (TPSA) is 54.8 Å². The smallest absolute Gasteiger partial charge is 0.355 e. The number of piperazine rings is 1. The summed E-state index contributed by atoms with van der Waals surface area (Å²) in [6, 6.07) is 20.2. The molecule has 3 aromatic rings. The number of esters is 1. The predicted molar refractivity (Wildman–Crippen MR) is 130 cm³/mol. The van der Waals surface area contributed by atoms with Crippen molar-refractivity contribution < 1.29 is 14.3 Å². The van der Waals surface area contributed by atoms with Crippen molar-refractivity contribution in [1.29, 1.82) is 0 Å². The third-order valence-electron chi connectivity index (χ3n) is 6.32. The van der Waals surface area contributed by atoms with Crippen LogP contribution in [-0.2, 0) is 11.3 Å². The monoisotopic (exact) mass is 445 g/mol. The van der Waals surface area contributed by atoms with E-state index < -0.39 is 0 Å². The molecule has 0 aliphatic carbocycles. The maximum Gasteiger partial charge on any atom is 0.355 e. The van der Waals surface area contributed by atoms with Gasteiger partial charge in [-0.05, 0) is 44.0 Å². The van der Waals surface area contributed by atoms with Gasteiger partial charge in [-0.25, -0.2) is 4.79 Å². The van der Waals surface area contributed by atoms with Gasteiger partial charge in [-0.3, -0.25) is 4.79 Å². The second-order valence-electron chi connectivity index (χ2n) is 8.34. The average molecular weight is 446 g/mol. The van der Waals surface area contributed by atoms with Crippen LogP contribution < -0.4 is 4.90 Å². The Hall–Kier alpha value is -3.54. The van der Waals surface area contributed by atoms with Crippen LogP contribution in [0.2, 0.25) is 0 Å². The molecule has 4 rings (SSSR count). The van der Waals surface area contributed by atoms with Crippen molar-refractivity contribution in [3.05, 3.63) is 88.7 Å². The number of nitrogens with zero attached hydrogens (tertiary/aromatic N) is 3. The summed E-state index contributed by atoms with van der Waals surface area (Å²) in [6.45, 7) is 9.22. The number of para-hydroxylation sites is 1. The molecule has 1 aliphatic heterocycles. The van der Waals surface area contributed by atoms with Gasteiger partial charge in [0.2, 0.25) is 0 Å². The van der Waals surface area contributed by atoms with Crippen molar-refractivity contribution in [3.8, 4) is 0 Å². The van der Waals surface area contributed by atoms with Crippen LogP contribution in [0, 0.1) is 13.8 Å². The molecule has 6 heteroatoms. The molecular formula is C27H31N3O3. The third kappa shape index (κ3) is 4.65. The molecule has 1 aliphatic rings. The molecule has 2 aromatic carbocycles. The van der Waals surface area contributed by atoms with E-state index in [1.165, 1.54) is 5.69 Å². The molecule has 0 bridgehead atoms. The van der Waals surface area contributed by atoms with Gasteiger partial charge in [0.15, 0.2) is 0 Å². The fourth-order valence-corrected chi connectivity index (χ4v) is 4.60. The number of benzene rings is 2. The molecule has 1 aromatic heterocycles. The van der Waals surface area contributed by atoms with Crippen molar-refractivity contribution in [1.82, 2.24) is 9.47 Å². The number of aromatic nitrogens is 1. The summed E-state index contributed by atoms with van der Waals surface area (Å²) in [5, 5.41) is 0. The zero-order chi connectivity index (χ0) is 23.4. The number of carbonyl (C=O) groups excluding carboxylic acids is 2. The van der Waals surface area contributed by atoms with Crippen molar-refractivity contribution in [2.45, 2.75) is 27.3 Å². The zero-order valence-corrected chi connectivity index (χ0v) is 19.6. The van der Waals surface area contributed by atoms with Crippen molar-refractivity contribution in [2.75, 3.05) is 37.7 Å². The van der Waals surface area contributed by atoms with E-state index in [1.54, 1.807) is 6.92 Å². The van der Waals surface area contributed by atoms with Gasteiger partial charge < -0.3 is 19.1 Å². The number of hydrogen-bond donors (Lipinski definition) is 0. The minimum Gasteiger partial charge on any atom is -0.461 e. The van der Waals surface area contributed by atoms with Crippen LogP contribution in [0.3, 0.4) is 0 Å². The Morgan fingerprint density at radius 3 is 2.09 bits per heavy atom. The summed E-state index contributed by atoms with van der Waals surface area (Å²) in [4.78, 5) is 30.7. The highest BCUT2D eigenvalue weighted by Crippen LogP contribution is 2.27. The van der Waals surface area contributed by atoms with Crippen LogP contribution in [0.5, 0.6) is 0 Å². The second-order valence-corrected chi connectivity index (χ2v) is 8.34. The summed E-state index contributed by atoms with van der Waals surface area (Å²) in [5.74, 6) is -0.406. The Morgan fingerprint density at radius 2 is 1.48 bits per heavy atom. The van der Waals surface area contributed by atoms with Gasteiger partial charge >= 0.3 is 5.97 Å². The molecule has 0 radical (unpaired) electrons. The van der Waals surface area contributed by atoms with Gasteiger partial charge in [-0.15, -0.1) is 0 Å². The first-order valence-corrected chi connectivity index (χ1v) is 11.5. The quantitative estimate of drug-likeness (QED) is 0.531. The highest BCUT2D eigenvalue weighted by atomic mass is 16.5. The van der Waals surface area contributed by atoms with Crippen LogP contribution in [0.25, 0.3) is 0 Å². The molecular weight excluding hydrogens is 414 g/mol. The van der Waals surface area contributed by atoms with E-state index in [2.05, 4.69) is 17.0 Å². The van der Waals surface area contributed by atoms with E-state index in [1.807, 2.05) is 71.8 Å². The van der Waals surface area contributed by atoms with E-state index >= 15 is 0 Å². The van der Waals surface area contributed by atoms with Gasteiger partial charge in [0.25, 0.3) is 5.91 Å². The van der Waals surface area contributed by atoms with Crippen LogP contribution in [0.15, 0.2) is 60.7 Å².